The van der Waals surface area contributed by atoms with Crippen molar-refractivity contribution in [3.63, 3.8) is 0 Å². The van der Waals surface area contributed by atoms with Gasteiger partial charge in [0.2, 0.25) is 5.91 Å². The number of aromatic carboxylic acids is 1. The number of H-pyrrole nitrogens is 1. The molecule has 3 heterocycles. The van der Waals surface area contributed by atoms with Crippen LogP contribution in [0.15, 0.2) is 6.20 Å². The summed E-state index contributed by atoms with van der Waals surface area (Å²) >= 11 is 0. The van der Waals surface area contributed by atoms with Crippen LogP contribution in [-0.4, -0.2) is 37.0 Å². The molecule has 8 nitrogen and oxygen atoms in total. The average Bonchev–Trinajstić information content (AvgIpc) is 3.09. The highest BCUT2D eigenvalue weighted by molar-refractivity contribution is 5.96. The minimum Gasteiger partial charge on any atom is -0.477 e. The molecule has 22 heavy (non-hydrogen) atoms. The summed E-state index contributed by atoms with van der Waals surface area (Å²) in [6, 6.07) is 0. The van der Waals surface area contributed by atoms with Gasteiger partial charge in [-0.3, -0.25) is 14.6 Å². The molecule has 0 unspecified atom stereocenters. The lowest BCUT2D eigenvalue weighted by atomic mass is 9.85. The van der Waals surface area contributed by atoms with Crippen LogP contribution in [0.3, 0.4) is 0 Å². The molecule has 0 bridgehead atoms. The third-order valence-corrected chi connectivity index (χ3v) is 4.33. The standard InChI is InChI=1S/C14H15N5O3/c1-19-13-10(11(18-19)6-2-3-6)7(4-9(20)16-13)8-5-15-17-12(8)14(21)22/h5-7H,2-4H2,1H3,(H,15,17)(H,16,20)(H,21,22)/t7-/m0/s1. The Hall–Kier alpha value is -2.64. The molecular weight excluding hydrogens is 286 g/mol. The molecule has 2 aliphatic rings. The number of hydrogen-bond donors (Lipinski definition) is 3. The van der Waals surface area contributed by atoms with Gasteiger partial charge in [0, 0.05) is 36.4 Å². The number of nitrogens with zero attached hydrogens (tertiary/aromatic N) is 3. The van der Waals surface area contributed by atoms with Crippen LogP contribution in [0.5, 0.6) is 0 Å². The summed E-state index contributed by atoms with van der Waals surface area (Å²) in [6.07, 6.45) is 3.88. The number of hydrogen-bond acceptors (Lipinski definition) is 4. The predicted octanol–water partition coefficient (Wildman–Crippen LogP) is 1.19. The molecule has 114 valence electrons. The van der Waals surface area contributed by atoms with Crippen molar-refractivity contribution in [1.82, 2.24) is 20.0 Å². The van der Waals surface area contributed by atoms with Gasteiger partial charge in [-0.15, -0.1) is 0 Å². The lowest BCUT2D eigenvalue weighted by Crippen LogP contribution is -2.25. The molecule has 1 fully saturated rings. The van der Waals surface area contributed by atoms with Crippen LogP contribution in [0.25, 0.3) is 0 Å². The van der Waals surface area contributed by atoms with E-state index in [0.717, 1.165) is 24.1 Å². The van der Waals surface area contributed by atoms with Gasteiger partial charge in [0.05, 0.1) is 11.9 Å². The Morgan fingerprint density at radius 3 is 2.91 bits per heavy atom. The van der Waals surface area contributed by atoms with E-state index in [1.807, 2.05) is 0 Å². The predicted molar refractivity (Wildman–Crippen MR) is 75.8 cm³/mol. The molecule has 0 radical (unpaired) electrons. The van der Waals surface area contributed by atoms with Crippen molar-refractivity contribution < 1.29 is 14.7 Å². The average molecular weight is 301 g/mol. The van der Waals surface area contributed by atoms with E-state index in [-0.39, 0.29) is 23.9 Å². The Bertz CT molecular complexity index is 786. The van der Waals surface area contributed by atoms with Crippen molar-refractivity contribution in [1.29, 1.82) is 0 Å². The van der Waals surface area contributed by atoms with Crippen molar-refractivity contribution >= 4 is 17.7 Å². The SMILES string of the molecule is Cn1nc(C2CC2)c2c1NC(=O)C[C@H]2c1cn[nH]c1C(=O)O. The highest BCUT2D eigenvalue weighted by atomic mass is 16.4. The second-order valence-electron chi connectivity index (χ2n) is 5.86. The number of carbonyl (C=O) groups is 2. The molecule has 1 aliphatic carbocycles. The quantitative estimate of drug-likeness (QED) is 0.788. The van der Waals surface area contributed by atoms with E-state index in [2.05, 4.69) is 20.6 Å². The van der Waals surface area contributed by atoms with Crippen LogP contribution in [0.2, 0.25) is 0 Å². The molecule has 1 atom stereocenters. The highest BCUT2D eigenvalue weighted by Crippen LogP contribution is 2.48. The Balaban J connectivity index is 1.90. The number of rotatable bonds is 3. The zero-order chi connectivity index (χ0) is 15.4. The van der Waals surface area contributed by atoms with Gasteiger partial charge in [0.15, 0.2) is 0 Å². The smallest absolute Gasteiger partial charge is 0.354 e. The number of fused-ring (bicyclic) bond motifs is 1. The van der Waals surface area contributed by atoms with Crippen molar-refractivity contribution in [3.8, 4) is 0 Å². The summed E-state index contributed by atoms with van der Waals surface area (Å²) in [7, 11) is 1.79. The summed E-state index contributed by atoms with van der Waals surface area (Å²) in [4.78, 5) is 23.4. The number of carbonyl (C=O) groups excluding carboxylic acids is 1. The second-order valence-corrected chi connectivity index (χ2v) is 5.86. The van der Waals surface area contributed by atoms with E-state index in [0.29, 0.717) is 17.3 Å². The maximum Gasteiger partial charge on any atom is 0.354 e. The van der Waals surface area contributed by atoms with Crippen molar-refractivity contribution in [3.05, 3.63) is 28.7 Å². The molecular formula is C14H15N5O3. The van der Waals surface area contributed by atoms with Crippen LogP contribution >= 0.6 is 0 Å². The monoisotopic (exact) mass is 301 g/mol. The number of carboxylic acids is 1. The Labute approximate surface area is 125 Å². The molecule has 4 rings (SSSR count). The van der Waals surface area contributed by atoms with E-state index in [9.17, 15) is 14.7 Å². The van der Waals surface area contributed by atoms with E-state index in [4.69, 9.17) is 0 Å². The van der Waals surface area contributed by atoms with Gasteiger partial charge in [-0.1, -0.05) is 0 Å². The normalized spacial score (nSPS) is 20.6. The fourth-order valence-electron chi connectivity index (χ4n) is 3.18. The number of carboxylic acid groups (broad SMARTS) is 1. The summed E-state index contributed by atoms with van der Waals surface area (Å²) in [5, 5.41) is 23.1. The van der Waals surface area contributed by atoms with E-state index in [1.165, 1.54) is 6.20 Å². The lowest BCUT2D eigenvalue weighted by molar-refractivity contribution is -0.116. The van der Waals surface area contributed by atoms with Gasteiger partial charge >= 0.3 is 5.97 Å². The largest absolute Gasteiger partial charge is 0.477 e. The minimum atomic E-state index is -1.07. The molecule has 0 spiro atoms. The van der Waals surface area contributed by atoms with Crippen LogP contribution < -0.4 is 5.32 Å². The first-order chi connectivity index (χ1) is 10.6. The van der Waals surface area contributed by atoms with E-state index >= 15 is 0 Å². The fourth-order valence-corrected chi connectivity index (χ4v) is 3.18. The molecule has 8 heteroatoms. The van der Waals surface area contributed by atoms with E-state index < -0.39 is 5.97 Å². The molecule has 2 aromatic rings. The van der Waals surface area contributed by atoms with Gasteiger partial charge < -0.3 is 10.4 Å². The number of aromatic amines is 1. The third-order valence-electron chi connectivity index (χ3n) is 4.33. The minimum absolute atomic E-state index is 0.0382. The lowest BCUT2D eigenvalue weighted by Gasteiger charge is -2.23. The molecule has 0 saturated heterocycles. The van der Waals surface area contributed by atoms with Gasteiger partial charge in [0.25, 0.3) is 0 Å². The van der Waals surface area contributed by atoms with Gasteiger partial charge in [-0.05, 0) is 12.8 Å². The van der Waals surface area contributed by atoms with Gasteiger partial charge in [-0.25, -0.2) is 4.79 Å². The van der Waals surface area contributed by atoms with Crippen LogP contribution in [0.4, 0.5) is 5.82 Å². The number of aromatic nitrogens is 4. The summed E-state index contributed by atoms with van der Waals surface area (Å²) in [5.41, 5.74) is 2.49. The van der Waals surface area contributed by atoms with Crippen LogP contribution in [0.1, 0.15) is 58.4 Å². The van der Waals surface area contributed by atoms with Crippen LogP contribution in [-0.2, 0) is 11.8 Å². The summed E-state index contributed by atoms with van der Waals surface area (Å²) in [5.74, 6) is -0.455. The maximum atomic E-state index is 12.0. The molecule has 3 N–H and O–H groups in total. The molecule has 0 aromatic carbocycles. The Morgan fingerprint density at radius 2 is 2.23 bits per heavy atom. The third kappa shape index (κ3) is 1.83. The Kier molecular flexibility index (Phi) is 2.63. The maximum absolute atomic E-state index is 12.0. The fraction of sp³-hybridized carbons (Fsp3) is 0.429. The molecule has 1 amide bonds. The number of amides is 1. The number of anilines is 1. The van der Waals surface area contributed by atoms with Crippen LogP contribution in [0, 0.1) is 0 Å². The first-order valence-corrected chi connectivity index (χ1v) is 7.19. The van der Waals surface area contributed by atoms with Crippen molar-refractivity contribution in [2.75, 3.05) is 5.32 Å². The summed E-state index contributed by atoms with van der Waals surface area (Å²) < 4.78 is 1.67. The number of nitrogens with one attached hydrogen (secondary N) is 2. The first-order valence-electron chi connectivity index (χ1n) is 7.19. The van der Waals surface area contributed by atoms with Crippen molar-refractivity contribution in [2.24, 2.45) is 7.05 Å². The topological polar surface area (TPSA) is 113 Å². The van der Waals surface area contributed by atoms with E-state index in [1.54, 1.807) is 11.7 Å². The zero-order valence-corrected chi connectivity index (χ0v) is 12.0. The highest BCUT2D eigenvalue weighted by Gasteiger charge is 2.39. The molecule has 1 aliphatic heterocycles. The Morgan fingerprint density at radius 1 is 1.45 bits per heavy atom. The van der Waals surface area contributed by atoms with Crippen molar-refractivity contribution in [2.45, 2.75) is 31.1 Å². The van der Waals surface area contributed by atoms with Gasteiger partial charge in [0.1, 0.15) is 11.5 Å². The van der Waals surface area contributed by atoms with Gasteiger partial charge in [-0.2, -0.15) is 10.2 Å². The second kappa shape index (κ2) is 4.43. The number of aryl methyl sites for hydroxylation is 1. The zero-order valence-electron chi connectivity index (χ0n) is 12.0. The molecule has 1 saturated carbocycles. The summed E-state index contributed by atoms with van der Waals surface area (Å²) in [6.45, 7) is 0. The molecule has 2 aromatic heterocycles. The first kappa shape index (κ1) is 13.1.